The Morgan fingerprint density at radius 3 is 2.45 bits per heavy atom. The lowest BCUT2D eigenvalue weighted by Gasteiger charge is -2.34. The lowest BCUT2D eigenvalue weighted by molar-refractivity contribution is -0.129. The van der Waals surface area contributed by atoms with E-state index < -0.39 is 11.7 Å². The molecule has 0 atom stereocenters. The van der Waals surface area contributed by atoms with E-state index in [1.54, 1.807) is 27.0 Å². The first-order chi connectivity index (χ1) is 13.7. The molecule has 1 aromatic carbocycles. The third kappa shape index (κ3) is 5.77. The van der Waals surface area contributed by atoms with E-state index in [1.807, 2.05) is 30.3 Å². The zero-order chi connectivity index (χ0) is 21.0. The van der Waals surface area contributed by atoms with E-state index in [2.05, 4.69) is 21.2 Å². The van der Waals surface area contributed by atoms with Crippen LogP contribution in [0, 0.1) is 5.92 Å². The summed E-state index contributed by atoms with van der Waals surface area (Å²) in [5, 5.41) is 3.29. The zero-order valence-corrected chi connectivity index (χ0v) is 17.3. The molecule has 3 N–H and O–H groups in total. The molecule has 1 saturated carbocycles. The number of hydrazine groups is 1. The van der Waals surface area contributed by atoms with Gasteiger partial charge in [-0.15, -0.1) is 11.3 Å². The Hall–Kier alpha value is -2.94. The molecule has 2 aromatic rings. The van der Waals surface area contributed by atoms with Crippen molar-refractivity contribution in [2.75, 3.05) is 0 Å². The molecule has 8 nitrogen and oxygen atoms in total. The Morgan fingerprint density at radius 1 is 1.10 bits per heavy atom. The molecule has 0 spiro atoms. The molecule has 3 rings (SSSR count). The summed E-state index contributed by atoms with van der Waals surface area (Å²) in [5.74, 6) is -0.818. The van der Waals surface area contributed by atoms with E-state index in [0.29, 0.717) is 17.8 Å². The molecule has 9 heteroatoms. The first-order valence-corrected chi connectivity index (χ1v) is 10.1. The predicted octanol–water partition coefficient (Wildman–Crippen LogP) is 2.87. The molecule has 3 amide bonds. The van der Waals surface area contributed by atoms with Crippen molar-refractivity contribution in [2.24, 2.45) is 5.92 Å². The molecule has 0 aliphatic heterocycles. The largest absolute Gasteiger partial charge is 0.443 e. The number of benzene rings is 1. The average Bonchev–Trinajstić information content (AvgIpc) is 3.12. The third-order valence-corrected chi connectivity index (χ3v) is 5.33. The molecule has 0 unspecified atom stereocenters. The average molecular weight is 417 g/mol. The van der Waals surface area contributed by atoms with Crippen molar-refractivity contribution in [2.45, 2.75) is 45.3 Å². The zero-order valence-electron chi connectivity index (χ0n) is 16.5. The fourth-order valence-corrected chi connectivity index (χ4v) is 3.65. The Balaban J connectivity index is 1.41. The van der Waals surface area contributed by atoms with Gasteiger partial charge in [0.2, 0.25) is 5.91 Å². The number of rotatable bonds is 4. The predicted molar refractivity (Wildman–Crippen MR) is 109 cm³/mol. The lowest BCUT2D eigenvalue weighted by Crippen LogP contribution is -2.53. The van der Waals surface area contributed by atoms with Crippen LogP contribution in [0.25, 0.3) is 10.4 Å². The van der Waals surface area contributed by atoms with Crippen molar-refractivity contribution in [1.82, 2.24) is 21.2 Å². The van der Waals surface area contributed by atoms with Gasteiger partial charge in [-0.25, -0.2) is 15.2 Å². The Bertz CT molecular complexity index is 885. The van der Waals surface area contributed by atoms with E-state index in [9.17, 15) is 14.4 Å². The minimum atomic E-state index is -0.715. The molecule has 1 fully saturated rings. The van der Waals surface area contributed by atoms with Gasteiger partial charge in [-0.05, 0) is 39.2 Å². The number of nitrogens with one attached hydrogen (secondary N) is 3. The second-order valence-electron chi connectivity index (χ2n) is 7.85. The standard InChI is InChI=1S/C20H24N4O4S/c1-20(2,3)28-19(27)24-23-16(25)13-9-14(10-13)22-17(26)18-21-11-15(29-18)12-7-5-4-6-8-12/h4-8,11,13-14H,9-10H2,1-3H3,(H,22,26)(H,23,25)(H,24,27). The third-order valence-electron chi connectivity index (χ3n) is 4.29. The second-order valence-corrected chi connectivity index (χ2v) is 8.88. The normalized spacial score (nSPS) is 18.3. The molecule has 29 heavy (non-hydrogen) atoms. The SMILES string of the molecule is CC(C)(C)OC(=O)NNC(=O)C1CC(NC(=O)c2ncc(-c3ccccc3)s2)C1. The quantitative estimate of drug-likeness (QED) is 0.664. The molecular weight excluding hydrogens is 392 g/mol. The van der Waals surface area contributed by atoms with Gasteiger partial charge in [-0.3, -0.25) is 15.0 Å². The topological polar surface area (TPSA) is 109 Å². The first kappa shape index (κ1) is 20.8. The van der Waals surface area contributed by atoms with Crippen LogP contribution < -0.4 is 16.2 Å². The molecule has 1 heterocycles. The number of amides is 3. The molecule has 154 valence electrons. The van der Waals surface area contributed by atoms with Crippen molar-refractivity contribution in [3.63, 3.8) is 0 Å². The van der Waals surface area contributed by atoms with Crippen molar-refractivity contribution in [3.8, 4) is 10.4 Å². The van der Waals surface area contributed by atoms with Crippen LogP contribution >= 0.6 is 11.3 Å². The van der Waals surface area contributed by atoms with Gasteiger partial charge in [0.25, 0.3) is 5.91 Å². The summed E-state index contributed by atoms with van der Waals surface area (Å²) in [7, 11) is 0. The summed E-state index contributed by atoms with van der Waals surface area (Å²) in [6, 6.07) is 9.65. The monoisotopic (exact) mass is 416 g/mol. The summed E-state index contributed by atoms with van der Waals surface area (Å²) in [4.78, 5) is 41.1. The van der Waals surface area contributed by atoms with Crippen molar-refractivity contribution < 1.29 is 19.1 Å². The van der Waals surface area contributed by atoms with Gasteiger partial charge in [-0.1, -0.05) is 30.3 Å². The van der Waals surface area contributed by atoms with Crippen LogP contribution in [0.3, 0.4) is 0 Å². The highest BCUT2D eigenvalue weighted by Gasteiger charge is 2.36. The van der Waals surface area contributed by atoms with Gasteiger partial charge in [0.05, 0.1) is 4.88 Å². The number of ether oxygens (including phenoxy) is 1. The van der Waals surface area contributed by atoms with Crippen molar-refractivity contribution in [1.29, 1.82) is 0 Å². The Morgan fingerprint density at radius 2 is 1.79 bits per heavy atom. The smallest absolute Gasteiger partial charge is 0.426 e. The summed E-state index contributed by atoms with van der Waals surface area (Å²) < 4.78 is 5.05. The number of hydrogen-bond donors (Lipinski definition) is 3. The molecule has 0 bridgehead atoms. The maximum atomic E-state index is 12.4. The fourth-order valence-electron chi connectivity index (χ4n) is 2.83. The number of carbonyl (C=O) groups excluding carboxylic acids is 3. The Kier molecular flexibility index (Phi) is 6.17. The van der Waals surface area contributed by atoms with Gasteiger partial charge in [0.15, 0.2) is 5.01 Å². The minimum Gasteiger partial charge on any atom is -0.443 e. The van der Waals surface area contributed by atoms with E-state index in [4.69, 9.17) is 4.74 Å². The van der Waals surface area contributed by atoms with E-state index >= 15 is 0 Å². The molecular formula is C20H24N4O4S. The summed E-state index contributed by atoms with van der Waals surface area (Å²) in [6.07, 6.45) is 1.98. The van der Waals surface area contributed by atoms with E-state index in [1.165, 1.54) is 11.3 Å². The van der Waals surface area contributed by atoms with Gasteiger partial charge in [-0.2, -0.15) is 0 Å². The van der Waals surface area contributed by atoms with Gasteiger partial charge in [0.1, 0.15) is 5.60 Å². The number of nitrogens with zero attached hydrogens (tertiary/aromatic N) is 1. The van der Waals surface area contributed by atoms with E-state index in [0.717, 1.165) is 10.4 Å². The lowest BCUT2D eigenvalue weighted by atomic mass is 9.80. The molecule has 1 aromatic heterocycles. The van der Waals surface area contributed by atoms with Gasteiger partial charge < -0.3 is 10.1 Å². The summed E-state index contributed by atoms with van der Waals surface area (Å²) in [5.41, 5.74) is 4.95. The summed E-state index contributed by atoms with van der Waals surface area (Å²) >= 11 is 1.33. The second kappa shape index (κ2) is 8.60. The number of hydrogen-bond acceptors (Lipinski definition) is 6. The first-order valence-electron chi connectivity index (χ1n) is 9.32. The molecule has 0 radical (unpaired) electrons. The number of aromatic nitrogens is 1. The highest BCUT2D eigenvalue weighted by atomic mass is 32.1. The van der Waals surface area contributed by atoms with Crippen molar-refractivity contribution >= 4 is 29.2 Å². The van der Waals surface area contributed by atoms with Crippen LogP contribution in [0.1, 0.15) is 43.4 Å². The van der Waals surface area contributed by atoms with Crippen molar-refractivity contribution in [3.05, 3.63) is 41.5 Å². The van der Waals surface area contributed by atoms with Crippen LogP contribution in [0.4, 0.5) is 4.79 Å². The molecule has 0 saturated heterocycles. The van der Waals surface area contributed by atoms with E-state index in [-0.39, 0.29) is 23.8 Å². The minimum absolute atomic E-state index is 0.0937. The van der Waals surface area contributed by atoms with Crippen LogP contribution in [0.5, 0.6) is 0 Å². The van der Waals surface area contributed by atoms with Crippen LogP contribution in [-0.2, 0) is 9.53 Å². The number of thiazole rings is 1. The van der Waals surface area contributed by atoms with Crippen LogP contribution in [-0.4, -0.2) is 34.5 Å². The van der Waals surface area contributed by atoms with Gasteiger partial charge >= 0.3 is 6.09 Å². The molecule has 1 aliphatic carbocycles. The van der Waals surface area contributed by atoms with Crippen LogP contribution in [0.2, 0.25) is 0 Å². The highest BCUT2D eigenvalue weighted by Crippen LogP contribution is 2.29. The maximum absolute atomic E-state index is 12.4. The maximum Gasteiger partial charge on any atom is 0.426 e. The summed E-state index contributed by atoms with van der Waals surface area (Å²) in [6.45, 7) is 5.20. The Labute approximate surface area is 173 Å². The number of carbonyl (C=O) groups is 3. The fraction of sp³-hybridized carbons (Fsp3) is 0.400. The molecule has 1 aliphatic rings. The van der Waals surface area contributed by atoms with Gasteiger partial charge in [0, 0.05) is 18.2 Å². The highest BCUT2D eigenvalue weighted by molar-refractivity contribution is 7.16. The van der Waals surface area contributed by atoms with Crippen LogP contribution in [0.15, 0.2) is 36.5 Å².